The maximum atomic E-state index is 13.2. The second-order valence-electron chi connectivity index (χ2n) is 7.00. The van der Waals surface area contributed by atoms with Crippen molar-refractivity contribution in [3.63, 3.8) is 0 Å². The lowest BCUT2D eigenvalue weighted by atomic mass is 10.2. The van der Waals surface area contributed by atoms with Crippen LogP contribution in [-0.2, 0) is 17.8 Å². The number of ether oxygens (including phenoxy) is 1. The summed E-state index contributed by atoms with van der Waals surface area (Å²) in [4.78, 5) is 7.16. The van der Waals surface area contributed by atoms with Crippen molar-refractivity contribution < 1.29 is 13.5 Å². The summed E-state index contributed by atoms with van der Waals surface area (Å²) in [6.45, 7) is 4.41. The van der Waals surface area contributed by atoms with E-state index < -0.39 is 0 Å². The lowest BCUT2D eigenvalue weighted by Gasteiger charge is -2.26. The first kappa shape index (κ1) is 18.0. The van der Waals surface area contributed by atoms with Crippen LogP contribution in [0.25, 0.3) is 22.5 Å². The number of aromatic nitrogens is 4. The molecule has 7 nitrogen and oxygen atoms in total. The fraction of sp³-hybridized carbons (Fsp3) is 0.286. The lowest BCUT2D eigenvalue weighted by Crippen LogP contribution is -2.36. The fourth-order valence-electron chi connectivity index (χ4n) is 3.54. The van der Waals surface area contributed by atoms with Crippen molar-refractivity contribution in [2.45, 2.75) is 13.1 Å². The van der Waals surface area contributed by atoms with Gasteiger partial charge in [-0.15, -0.1) is 10.2 Å². The predicted octanol–water partition coefficient (Wildman–Crippen LogP) is 3.11. The van der Waals surface area contributed by atoms with E-state index in [0.29, 0.717) is 23.9 Å². The molecule has 29 heavy (non-hydrogen) atoms. The highest BCUT2D eigenvalue weighted by Gasteiger charge is 2.18. The molecule has 5 rings (SSSR count). The Hall–Kier alpha value is -3.10. The summed E-state index contributed by atoms with van der Waals surface area (Å²) in [5.74, 6) is 1.51. The molecule has 2 aromatic carbocycles. The zero-order valence-corrected chi connectivity index (χ0v) is 15.8. The molecule has 0 saturated carbocycles. The largest absolute Gasteiger partial charge is 0.419 e. The van der Waals surface area contributed by atoms with Gasteiger partial charge in [0.25, 0.3) is 0 Å². The van der Waals surface area contributed by atoms with E-state index in [-0.39, 0.29) is 5.82 Å². The first-order chi connectivity index (χ1) is 14.3. The minimum atomic E-state index is -0.300. The van der Waals surface area contributed by atoms with E-state index in [1.807, 2.05) is 24.3 Å². The summed E-state index contributed by atoms with van der Waals surface area (Å²) in [6, 6.07) is 14.0. The van der Waals surface area contributed by atoms with Gasteiger partial charge in [0.05, 0.1) is 30.8 Å². The molecule has 3 heterocycles. The van der Waals surface area contributed by atoms with Gasteiger partial charge in [0.2, 0.25) is 11.8 Å². The molecule has 1 saturated heterocycles. The Bertz CT molecular complexity index is 1120. The number of benzene rings is 2. The quantitative estimate of drug-likeness (QED) is 0.519. The van der Waals surface area contributed by atoms with Gasteiger partial charge in [-0.1, -0.05) is 12.1 Å². The van der Waals surface area contributed by atoms with Gasteiger partial charge in [0, 0.05) is 18.7 Å². The average molecular weight is 393 g/mol. The minimum absolute atomic E-state index is 0.300. The molecule has 8 heteroatoms. The fourth-order valence-corrected chi connectivity index (χ4v) is 3.54. The third kappa shape index (κ3) is 3.76. The molecule has 1 aliphatic rings. The molecule has 0 aliphatic carbocycles. The Morgan fingerprint density at radius 2 is 1.72 bits per heavy atom. The molecule has 2 aromatic heterocycles. The molecule has 1 fully saturated rings. The molecule has 4 aromatic rings. The highest BCUT2D eigenvalue weighted by Crippen LogP contribution is 2.22. The van der Waals surface area contributed by atoms with E-state index in [4.69, 9.17) is 14.1 Å². The van der Waals surface area contributed by atoms with E-state index in [1.54, 1.807) is 12.1 Å². The summed E-state index contributed by atoms with van der Waals surface area (Å²) in [5.41, 5.74) is 2.65. The smallest absolute Gasteiger partial charge is 0.247 e. The SMILES string of the molecule is Fc1ccc(-c2nnc(Cn3c(CN4CCOCC4)nc4ccccc43)o2)cc1. The number of imidazole rings is 1. The summed E-state index contributed by atoms with van der Waals surface area (Å²) in [5, 5.41) is 8.31. The predicted molar refractivity (Wildman–Crippen MR) is 105 cm³/mol. The van der Waals surface area contributed by atoms with E-state index in [9.17, 15) is 4.39 Å². The number of hydrogen-bond donors (Lipinski definition) is 0. The maximum Gasteiger partial charge on any atom is 0.247 e. The van der Waals surface area contributed by atoms with Crippen molar-refractivity contribution in [3.8, 4) is 11.5 Å². The monoisotopic (exact) mass is 393 g/mol. The first-order valence-electron chi connectivity index (χ1n) is 9.59. The topological polar surface area (TPSA) is 69.2 Å². The number of morpholine rings is 1. The third-order valence-corrected chi connectivity index (χ3v) is 5.05. The van der Waals surface area contributed by atoms with Crippen LogP contribution < -0.4 is 0 Å². The highest BCUT2D eigenvalue weighted by molar-refractivity contribution is 5.76. The van der Waals surface area contributed by atoms with Crippen LogP contribution in [0.2, 0.25) is 0 Å². The van der Waals surface area contributed by atoms with Gasteiger partial charge in [-0.25, -0.2) is 9.37 Å². The summed E-state index contributed by atoms with van der Waals surface area (Å²) in [6.07, 6.45) is 0. The second kappa shape index (κ2) is 7.73. The van der Waals surface area contributed by atoms with Gasteiger partial charge in [0.1, 0.15) is 18.2 Å². The normalized spacial score (nSPS) is 15.2. The Balaban J connectivity index is 1.45. The first-order valence-corrected chi connectivity index (χ1v) is 9.59. The number of hydrogen-bond acceptors (Lipinski definition) is 6. The molecule has 0 N–H and O–H groups in total. The average Bonchev–Trinajstić information content (AvgIpc) is 3.35. The van der Waals surface area contributed by atoms with Crippen molar-refractivity contribution in [2.24, 2.45) is 0 Å². The molecule has 0 bridgehead atoms. The standard InChI is InChI=1S/C21H20FN5O2/c22-16-7-5-15(6-8-16)21-25-24-20(29-21)14-27-18-4-2-1-3-17(18)23-19(27)13-26-9-11-28-12-10-26/h1-8H,9-14H2. The Morgan fingerprint density at radius 3 is 2.55 bits per heavy atom. The Labute approximate surface area is 166 Å². The van der Waals surface area contributed by atoms with Gasteiger partial charge in [-0.2, -0.15) is 0 Å². The molecule has 1 aliphatic heterocycles. The molecule has 0 atom stereocenters. The van der Waals surface area contributed by atoms with Crippen molar-refractivity contribution >= 4 is 11.0 Å². The summed E-state index contributed by atoms with van der Waals surface area (Å²) < 4.78 is 26.6. The Kier molecular flexibility index (Phi) is 4.79. The van der Waals surface area contributed by atoms with Crippen LogP contribution in [0.1, 0.15) is 11.7 Å². The molecular weight excluding hydrogens is 373 g/mol. The van der Waals surface area contributed by atoms with Gasteiger partial charge in [-0.05, 0) is 36.4 Å². The van der Waals surface area contributed by atoms with Crippen molar-refractivity contribution in [1.29, 1.82) is 0 Å². The Morgan fingerprint density at radius 1 is 0.931 bits per heavy atom. The highest BCUT2D eigenvalue weighted by atomic mass is 19.1. The molecule has 0 amide bonds. The molecule has 0 spiro atoms. The number of rotatable bonds is 5. The van der Waals surface area contributed by atoms with E-state index in [0.717, 1.165) is 49.7 Å². The molecule has 0 radical (unpaired) electrons. The zero-order chi connectivity index (χ0) is 19.6. The number of halogens is 1. The van der Waals surface area contributed by atoms with Crippen LogP contribution in [-0.4, -0.2) is 51.0 Å². The number of para-hydroxylation sites is 2. The van der Waals surface area contributed by atoms with E-state index in [2.05, 4.69) is 19.7 Å². The van der Waals surface area contributed by atoms with Gasteiger partial charge >= 0.3 is 0 Å². The van der Waals surface area contributed by atoms with Crippen LogP contribution in [0.15, 0.2) is 52.9 Å². The molecule has 0 unspecified atom stereocenters. The molecule has 148 valence electrons. The van der Waals surface area contributed by atoms with E-state index >= 15 is 0 Å². The van der Waals surface area contributed by atoms with Crippen LogP contribution in [0.4, 0.5) is 4.39 Å². The summed E-state index contributed by atoms with van der Waals surface area (Å²) >= 11 is 0. The van der Waals surface area contributed by atoms with E-state index in [1.165, 1.54) is 12.1 Å². The van der Waals surface area contributed by atoms with Crippen LogP contribution in [0, 0.1) is 5.82 Å². The second-order valence-corrected chi connectivity index (χ2v) is 7.00. The van der Waals surface area contributed by atoms with Gasteiger partial charge in [-0.3, -0.25) is 4.90 Å². The lowest BCUT2D eigenvalue weighted by molar-refractivity contribution is 0.0327. The van der Waals surface area contributed by atoms with Crippen LogP contribution in [0.3, 0.4) is 0 Å². The third-order valence-electron chi connectivity index (χ3n) is 5.05. The van der Waals surface area contributed by atoms with Crippen LogP contribution >= 0.6 is 0 Å². The van der Waals surface area contributed by atoms with Crippen molar-refractivity contribution in [3.05, 3.63) is 66.1 Å². The van der Waals surface area contributed by atoms with Crippen LogP contribution in [0.5, 0.6) is 0 Å². The van der Waals surface area contributed by atoms with Crippen molar-refractivity contribution in [1.82, 2.24) is 24.6 Å². The zero-order valence-electron chi connectivity index (χ0n) is 15.8. The number of fused-ring (bicyclic) bond motifs is 1. The number of nitrogens with zero attached hydrogens (tertiary/aromatic N) is 5. The minimum Gasteiger partial charge on any atom is -0.419 e. The molecular formula is C21H20FN5O2. The van der Waals surface area contributed by atoms with Gasteiger partial charge in [0.15, 0.2) is 0 Å². The maximum absolute atomic E-state index is 13.2. The summed E-state index contributed by atoms with van der Waals surface area (Å²) in [7, 11) is 0. The van der Waals surface area contributed by atoms with Crippen molar-refractivity contribution in [2.75, 3.05) is 26.3 Å². The van der Waals surface area contributed by atoms with Gasteiger partial charge < -0.3 is 13.7 Å².